The zero-order valence-electron chi connectivity index (χ0n) is 14.8. The number of hydrogen-bond donors (Lipinski definition) is 0. The van der Waals surface area contributed by atoms with Gasteiger partial charge >= 0.3 is 0 Å². The van der Waals surface area contributed by atoms with Crippen molar-refractivity contribution in [2.24, 2.45) is 0 Å². The number of sulfonamides is 1. The Labute approximate surface area is 154 Å². The molecule has 136 valence electrons. The van der Waals surface area contributed by atoms with Gasteiger partial charge in [0.05, 0.1) is 0 Å². The molecule has 1 aromatic carbocycles. The van der Waals surface area contributed by atoms with Crippen molar-refractivity contribution in [1.29, 1.82) is 0 Å². The summed E-state index contributed by atoms with van der Waals surface area (Å²) in [5, 5.41) is 1.81. The third kappa shape index (κ3) is 3.83. The van der Waals surface area contributed by atoms with Gasteiger partial charge in [0, 0.05) is 50.6 Å². The zero-order valence-corrected chi connectivity index (χ0v) is 16.4. The highest BCUT2D eigenvalue weighted by molar-refractivity contribution is 7.91. The van der Waals surface area contributed by atoms with Crippen LogP contribution in [0.15, 0.2) is 46.0 Å². The molecule has 0 bridgehead atoms. The molecule has 1 aliphatic rings. The van der Waals surface area contributed by atoms with E-state index in [0.717, 1.165) is 31.9 Å². The lowest BCUT2D eigenvalue weighted by Gasteiger charge is -2.35. The predicted octanol–water partition coefficient (Wildman–Crippen LogP) is 3.11. The van der Waals surface area contributed by atoms with Gasteiger partial charge in [-0.15, -0.1) is 11.3 Å². The van der Waals surface area contributed by atoms with E-state index >= 15 is 0 Å². The lowest BCUT2D eigenvalue weighted by atomic mass is 10.2. The maximum atomic E-state index is 12.6. The molecule has 0 aliphatic carbocycles. The van der Waals surface area contributed by atoms with E-state index in [2.05, 4.69) is 47.9 Å². The Morgan fingerprint density at radius 3 is 2.16 bits per heavy atom. The van der Waals surface area contributed by atoms with Crippen LogP contribution in [0, 0.1) is 0 Å². The van der Waals surface area contributed by atoms with Gasteiger partial charge in [0.1, 0.15) is 4.21 Å². The Morgan fingerprint density at radius 1 is 1.00 bits per heavy atom. The Hall–Kier alpha value is -1.57. The molecule has 1 saturated heterocycles. The van der Waals surface area contributed by atoms with Gasteiger partial charge < -0.3 is 9.80 Å². The van der Waals surface area contributed by atoms with Gasteiger partial charge in [-0.25, -0.2) is 8.42 Å². The van der Waals surface area contributed by atoms with E-state index in [-0.39, 0.29) is 0 Å². The molecule has 0 amide bonds. The maximum Gasteiger partial charge on any atom is 0.252 e. The van der Waals surface area contributed by atoms with Crippen molar-refractivity contribution in [3.8, 4) is 0 Å². The van der Waals surface area contributed by atoms with Crippen molar-refractivity contribution in [3.63, 3.8) is 0 Å². The van der Waals surface area contributed by atoms with Crippen LogP contribution in [-0.4, -0.2) is 52.0 Å². The fraction of sp³-hybridized carbons (Fsp3) is 0.444. The summed E-state index contributed by atoms with van der Waals surface area (Å²) in [5.74, 6) is 0. The highest BCUT2D eigenvalue weighted by Crippen LogP contribution is 2.25. The van der Waals surface area contributed by atoms with Crippen LogP contribution >= 0.6 is 11.3 Å². The third-order valence-electron chi connectivity index (χ3n) is 4.67. The normalized spacial score (nSPS) is 16.2. The highest BCUT2D eigenvalue weighted by atomic mass is 32.2. The summed E-state index contributed by atoms with van der Waals surface area (Å²) in [6.45, 7) is 8.79. The van der Waals surface area contributed by atoms with E-state index in [1.165, 1.54) is 17.0 Å². The van der Waals surface area contributed by atoms with Crippen LogP contribution in [0.2, 0.25) is 0 Å². The first kappa shape index (κ1) is 18.2. The smallest absolute Gasteiger partial charge is 0.252 e. The quantitative estimate of drug-likeness (QED) is 0.774. The second-order valence-corrected chi connectivity index (χ2v) is 9.12. The van der Waals surface area contributed by atoms with E-state index in [1.54, 1.807) is 21.8 Å². The monoisotopic (exact) mass is 379 g/mol. The zero-order chi connectivity index (χ0) is 17.9. The summed E-state index contributed by atoms with van der Waals surface area (Å²) in [6.07, 6.45) is 0. The van der Waals surface area contributed by atoms with Crippen molar-refractivity contribution >= 4 is 32.7 Å². The first-order valence-corrected chi connectivity index (χ1v) is 11.0. The van der Waals surface area contributed by atoms with Crippen molar-refractivity contribution in [2.75, 3.05) is 49.1 Å². The standard InChI is InChI=1S/C18H25N3O2S2/c1-3-19(4-2)16-7-9-17(10-8-16)20-11-13-21(14-12-20)25(22,23)18-6-5-15-24-18/h5-10,15H,3-4,11-14H2,1-2H3. The van der Waals surface area contributed by atoms with Crippen LogP contribution in [-0.2, 0) is 10.0 Å². The fourth-order valence-corrected chi connectivity index (χ4v) is 5.75. The van der Waals surface area contributed by atoms with Gasteiger partial charge in [0.25, 0.3) is 10.0 Å². The van der Waals surface area contributed by atoms with Crippen LogP contribution in [0.1, 0.15) is 13.8 Å². The molecule has 7 heteroatoms. The molecule has 0 N–H and O–H groups in total. The Balaban J connectivity index is 1.64. The Kier molecular flexibility index (Phi) is 5.66. The molecule has 1 aromatic heterocycles. The minimum atomic E-state index is -3.33. The van der Waals surface area contributed by atoms with Gasteiger partial charge in [-0.05, 0) is 49.6 Å². The van der Waals surface area contributed by atoms with Gasteiger partial charge in [-0.1, -0.05) is 6.07 Å². The summed E-state index contributed by atoms with van der Waals surface area (Å²) < 4.78 is 27.2. The highest BCUT2D eigenvalue weighted by Gasteiger charge is 2.29. The van der Waals surface area contributed by atoms with Gasteiger partial charge in [-0.3, -0.25) is 0 Å². The largest absolute Gasteiger partial charge is 0.372 e. The molecule has 0 unspecified atom stereocenters. The average molecular weight is 380 g/mol. The third-order valence-corrected chi connectivity index (χ3v) is 7.94. The number of anilines is 2. The maximum absolute atomic E-state index is 12.6. The van der Waals surface area contributed by atoms with E-state index in [1.807, 2.05) is 0 Å². The van der Waals surface area contributed by atoms with Crippen LogP contribution in [0.3, 0.4) is 0 Å². The average Bonchev–Trinajstić information content (AvgIpc) is 3.19. The second kappa shape index (κ2) is 7.76. The molecule has 3 rings (SSSR count). The Morgan fingerprint density at radius 2 is 1.64 bits per heavy atom. The second-order valence-electron chi connectivity index (χ2n) is 6.01. The van der Waals surface area contributed by atoms with Crippen LogP contribution < -0.4 is 9.80 Å². The number of rotatable bonds is 6. The van der Waals surface area contributed by atoms with E-state index in [4.69, 9.17) is 0 Å². The van der Waals surface area contributed by atoms with Crippen LogP contribution in [0.4, 0.5) is 11.4 Å². The fourth-order valence-electron chi connectivity index (χ4n) is 3.19. The number of piperazine rings is 1. The number of hydrogen-bond acceptors (Lipinski definition) is 5. The van der Waals surface area contributed by atoms with Crippen LogP contribution in [0.5, 0.6) is 0 Å². The molecule has 5 nitrogen and oxygen atoms in total. The summed E-state index contributed by atoms with van der Waals surface area (Å²) in [7, 11) is -3.33. The van der Waals surface area contributed by atoms with Crippen molar-refractivity contribution in [2.45, 2.75) is 18.1 Å². The van der Waals surface area contributed by atoms with Crippen molar-refractivity contribution < 1.29 is 8.42 Å². The SMILES string of the molecule is CCN(CC)c1ccc(N2CCN(S(=O)(=O)c3cccs3)CC2)cc1. The van der Waals surface area contributed by atoms with E-state index < -0.39 is 10.0 Å². The topological polar surface area (TPSA) is 43.9 Å². The molecule has 0 spiro atoms. The molecular formula is C18H25N3O2S2. The number of benzene rings is 1. The van der Waals surface area contributed by atoms with Crippen molar-refractivity contribution in [1.82, 2.24) is 4.31 Å². The molecule has 0 radical (unpaired) electrons. The molecule has 0 atom stereocenters. The molecule has 2 aromatic rings. The summed E-state index contributed by atoms with van der Waals surface area (Å²) in [4.78, 5) is 4.57. The molecule has 1 aliphatic heterocycles. The molecular weight excluding hydrogens is 354 g/mol. The van der Waals surface area contributed by atoms with Crippen LogP contribution in [0.25, 0.3) is 0 Å². The van der Waals surface area contributed by atoms with E-state index in [9.17, 15) is 8.42 Å². The Bertz CT molecular complexity index is 761. The number of thiophene rings is 1. The van der Waals surface area contributed by atoms with E-state index in [0.29, 0.717) is 17.3 Å². The van der Waals surface area contributed by atoms with Gasteiger partial charge in [0.15, 0.2) is 0 Å². The summed E-state index contributed by atoms with van der Waals surface area (Å²) in [6, 6.07) is 12.0. The van der Waals surface area contributed by atoms with Gasteiger partial charge in [0.2, 0.25) is 0 Å². The van der Waals surface area contributed by atoms with Crippen molar-refractivity contribution in [3.05, 3.63) is 41.8 Å². The lowest BCUT2D eigenvalue weighted by molar-refractivity contribution is 0.386. The molecule has 2 heterocycles. The minimum Gasteiger partial charge on any atom is -0.372 e. The predicted molar refractivity (Wildman–Crippen MR) is 105 cm³/mol. The first-order chi connectivity index (χ1) is 12.1. The molecule has 1 fully saturated rings. The number of nitrogens with zero attached hydrogens (tertiary/aromatic N) is 3. The van der Waals surface area contributed by atoms with Gasteiger partial charge in [-0.2, -0.15) is 4.31 Å². The minimum absolute atomic E-state index is 0.435. The first-order valence-electron chi connectivity index (χ1n) is 8.70. The summed E-state index contributed by atoms with van der Waals surface area (Å²) >= 11 is 1.28. The molecule has 25 heavy (non-hydrogen) atoms. The summed E-state index contributed by atoms with van der Waals surface area (Å²) in [5.41, 5.74) is 2.39. The lowest BCUT2D eigenvalue weighted by Crippen LogP contribution is -2.48. The molecule has 0 saturated carbocycles.